The van der Waals surface area contributed by atoms with Crippen LogP contribution in [0.4, 0.5) is 18.9 Å². The molecule has 0 spiro atoms. The monoisotopic (exact) mass is 429 g/mol. The Morgan fingerprint density at radius 1 is 1.25 bits per heavy atom. The van der Waals surface area contributed by atoms with Crippen LogP contribution < -0.4 is 15.5 Å². The number of nitrogens with one attached hydrogen (secondary N) is 2. The molecule has 10 heteroatoms. The van der Waals surface area contributed by atoms with Gasteiger partial charge in [0.1, 0.15) is 5.92 Å². The Hall–Kier alpha value is -2.17. The second kappa shape index (κ2) is 7.34. The van der Waals surface area contributed by atoms with E-state index in [2.05, 4.69) is 5.32 Å². The van der Waals surface area contributed by atoms with Gasteiger partial charge in [-0.25, -0.2) is 0 Å². The number of thiophene rings is 1. The molecule has 0 aliphatic carbocycles. The summed E-state index contributed by atoms with van der Waals surface area (Å²) in [7, 11) is 3.66. The predicted molar refractivity (Wildman–Crippen MR) is 106 cm³/mol. The lowest BCUT2D eigenvalue weighted by atomic mass is 9.78. The second-order valence-electron chi connectivity index (χ2n) is 6.65. The van der Waals surface area contributed by atoms with Gasteiger partial charge in [-0.2, -0.15) is 13.2 Å². The molecule has 0 radical (unpaired) electrons. The van der Waals surface area contributed by atoms with Crippen molar-refractivity contribution in [1.82, 2.24) is 10.6 Å². The zero-order valence-corrected chi connectivity index (χ0v) is 16.6. The fourth-order valence-electron chi connectivity index (χ4n) is 3.17. The van der Waals surface area contributed by atoms with E-state index in [-0.39, 0.29) is 9.99 Å². The molecule has 0 saturated carbocycles. The van der Waals surface area contributed by atoms with Gasteiger partial charge in [0.05, 0.1) is 10.9 Å². The molecule has 1 aliphatic heterocycles. The number of alkyl halides is 3. The average Bonchev–Trinajstić information content (AvgIpc) is 3.14. The molecule has 3 N–H and O–H groups in total. The first-order chi connectivity index (χ1) is 13.0. The van der Waals surface area contributed by atoms with Gasteiger partial charge in [0.15, 0.2) is 10.9 Å². The molecule has 0 bridgehead atoms. The normalized spacial score (nSPS) is 25.0. The summed E-state index contributed by atoms with van der Waals surface area (Å²) in [5.41, 5.74) is -2.25. The third kappa shape index (κ3) is 3.59. The van der Waals surface area contributed by atoms with Crippen molar-refractivity contribution in [2.45, 2.75) is 17.9 Å². The highest BCUT2D eigenvalue weighted by Gasteiger charge is 2.65. The average molecular weight is 429 g/mol. The summed E-state index contributed by atoms with van der Waals surface area (Å²) >= 11 is 5.93. The highest BCUT2D eigenvalue weighted by Crippen LogP contribution is 2.44. The zero-order valence-electron chi connectivity index (χ0n) is 14.9. The first kappa shape index (κ1) is 20.6. The molecule has 1 saturated heterocycles. The number of nitrogens with zero attached hydrogens (tertiary/aromatic N) is 1. The summed E-state index contributed by atoms with van der Waals surface area (Å²) in [5.74, 6) is -2.69. The van der Waals surface area contributed by atoms with Crippen LogP contribution in [0.15, 0.2) is 41.8 Å². The van der Waals surface area contributed by atoms with Crippen molar-refractivity contribution >= 4 is 40.1 Å². The quantitative estimate of drug-likeness (QED) is 0.513. The summed E-state index contributed by atoms with van der Waals surface area (Å²) in [6.45, 7) is 0. The number of aliphatic hydroxyl groups is 1. The number of halogens is 3. The maximum Gasteiger partial charge on any atom is 0.437 e. The number of carbonyl (C=O) groups excluding carboxylic acids is 1. The fraction of sp³-hybridized carbons (Fsp3) is 0.333. The van der Waals surface area contributed by atoms with Gasteiger partial charge in [-0.1, -0.05) is 18.2 Å². The van der Waals surface area contributed by atoms with Crippen LogP contribution in [0.1, 0.15) is 21.3 Å². The number of hydrogen-bond donors (Lipinski definition) is 3. The molecule has 1 aromatic heterocycles. The number of carbonyl (C=O) groups is 1. The van der Waals surface area contributed by atoms with E-state index in [1.54, 1.807) is 35.7 Å². The maximum atomic E-state index is 13.9. The first-order valence-electron chi connectivity index (χ1n) is 8.27. The van der Waals surface area contributed by atoms with Crippen LogP contribution in [0.3, 0.4) is 0 Å². The van der Waals surface area contributed by atoms with E-state index in [4.69, 9.17) is 12.2 Å². The number of ketones is 1. The predicted octanol–water partition coefficient (Wildman–Crippen LogP) is 3.08. The van der Waals surface area contributed by atoms with E-state index in [1.807, 2.05) is 24.3 Å². The molecule has 3 rings (SSSR count). The van der Waals surface area contributed by atoms with Crippen LogP contribution in [0.5, 0.6) is 0 Å². The van der Waals surface area contributed by atoms with Gasteiger partial charge < -0.3 is 20.6 Å². The second-order valence-corrected chi connectivity index (χ2v) is 8.00. The standard InChI is InChI=1S/C18H18F3N3O2S2/c1-24(2)11-7-5-10(6-8-11)14-13(15(25)12-4-3-9-28-12)17(26,18(19,20)21)23-16(27)22-14/h3-9,13-14,26H,1-2H3,(H2,22,23,27)/t13-,14-,17+/m0/s1. The van der Waals surface area contributed by atoms with Gasteiger partial charge in [-0.15, -0.1) is 11.3 Å². The van der Waals surface area contributed by atoms with Crippen molar-refractivity contribution in [2.75, 3.05) is 19.0 Å². The minimum Gasteiger partial charge on any atom is -0.378 e. The van der Waals surface area contributed by atoms with E-state index in [0.717, 1.165) is 17.0 Å². The number of benzene rings is 1. The van der Waals surface area contributed by atoms with Gasteiger partial charge in [0, 0.05) is 19.8 Å². The molecule has 150 valence electrons. The van der Waals surface area contributed by atoms with Crippen molar-refractivity contribution in [3.05, 3.63) is 52.2 Å². The van der Waals surface area contributed by atoms with Crippen molar-refractivity contribution in [3.63, 3.8) is 0 Å². The highest BCUT2D eigenvalue weighted by atomic mass is 32.1. The van der Waals surface area contributed by atoms with Crippen LogP contribution in [0.25, 0.3) is 0 Å². The molecule has 1 fully saturated rings. The number of hydrogen-bond acceptors (Lipinski definition) is 5. The molecule has 1 aromatic carbocycles. The molecule has 0 amide bonds. The molecular formula is C18H18F3N3O2S2. The maximum absolute atomic E-state index is 13.9. The van der Waals surface area contributed by atoms with Crippen LogP contribution in [0, 0.1) is 5.92 Å². The van der Waals surface area contributed by atoms with E-state index >= 15 is 0 Å². The molecule has 1 aliphatic rings. The molecule has 28 heavy (non-hydrogen) atoms. The lowest BCUT2D eigenvalue weighted by Crippen LogP contribution is -2.72. The Kier molecular flexibility index (Phi) is 5.39. The summed E-state index contributed by atoms with van der Waals surface area (Å²) in [6, 6.07) is 8.52. The molecule has 2 heterocycles. The highest BCUT2D eigenvalue weighted by molar-refractivity contribution is 7.80. The van der Waals surface area contributed by atoms with Crippen molar-refractivity contribution < 1.29 is 23.1 Å². The van der Waals surface area contributed by atoms with Crippen LogP contribution in [0.2, 0.25) is 0 Å². The van der Waals surface area contributed by atoms with Crippen molar-refractivity contribution in [1.29, 1.82) is 0 Å². The summed E-state index contributed by atoms with van der Waals surface area (Å²) in [6.07, 6.45) is -5.13. The Morgan fingerprint density at radius 3 is 2.39 bits per heavy atom. The molecule has 0 unspecified atom stereocenters. The number of Topliss-reactive ketones (excluding diaryl/α,β-unsaturated/α-hetero) is 1. The van der Waals surface area contributed by atoms with Gasteiger partial charge >= 0.3 is 6.18 Å². The van der Waals surface area contributed by atoms with Crippen molar-refractivity contribution in [2.24, 2.45) is 5.92 Å². The van der Waals surface area contributed by atoms with E-state index in [9.17, 15) is 23.1 Å². The minimum atomic E-state index is -5.13. The van der Waals surface area contributed by atoms with E-state index in [1.165, 1.54) is 6.07 Å². The van der Waals surface area contributed by atoms with E-state index in [0.29, 0.717) is 5.56 Å². The fourth-order valence-corrected chi connectivity index (χ4v) is 4.16. The number of thiocarbonyl (C=S) groups is 1. The van der Waals surface area contributed by atoms with Crippen molar-refractivity contribution in [3.8, 4) is 0 Å². The molecular weight excluding hydrogens is 411 g/mol. The number of anilines is 1. The van der Waals surface area contributed by atoms with E-state index < -0.39 is 29.6 Å². The van der Waals surface area contributed by atoms with Crippen LogP contribution in [-0.4, -0.2) is 42.0 Å². The zero-order chi connectivity index (χ0) is 20.7. The van der Waals surface area contributed by atoms with Gasteiger partial charge in [-0.3, -0.25) is 4.79 Å². The smallest absolute Gasteiger partial charge is 0.378 e. The summed E-state index contributed by atoms with van der Waals surface area (Å²) < 4.78 is 41.6. The minimum absolute atomic E-state index is 0.124. The molecule has 3 atom stereocenters. The Morgan fingerprint density at radius 2 is 1.89 bits per heavy atom. The first-order valence-corrected chi connectivity index (χ1v) is 9.56. The summed E-state index contributed by atoms with van der Waals surface area (Å²) in [4.78, 5) is 15.0. The third-order valence-corrected chi connectivity index (χ3v) is 5.73. The topological polar surface area (TPSA) is 64.6 Å². The largest absolute Gasteiger partial charge is 0.437 e. The lowest BCUT2D eigenvalue weighted by molar-refractivity contribution is -0.285. The van der Waals surface area contributed by atoms with Crippen LogP contribution >= 0.6 is 23.6 Å². The molecule has 5 nitrogen and oxygen atoms in total. The van der Waals surface area contributed by atoms with Gasteiger partial charge in [0.25, 0.3) is 0 Å². The summed E-state index contributed by atoms with van der Waals surface area (Å²) in [5, 5.41) is 16.4. The SMILES string of the molecule is CN(C)c1ccc([C@@H]2NC(=S)N[C@](O)(C(F)(F)F)[C@@H]2C(=O)c2cccs2)cc1. The van der Waals surface area contributed by atoms with Gasteiger partial charge in [0.2, 0.25) is 5.72 Å². The molecule has 2 aromatic rings. The Bertz CT molecular complexity index is 869. The van der Waals surface area contributed by atoms with Gasteiger partial charge in [-0.05, 0) is 41.4 Å². The number of rotatable bonds is 4. The third-order valence-electron chi connectivity index (χ3n) is 4.62. The lowest BCUT2D eigenvalue weighted by Gasteiger charge is -2.46. The van der Waals surface area contributed by atoms with Crippen LogP contribution in [-0.2, 0) is 0 Å². The Labute approximate surface area is 169 Å². The Balaban J connectivity index is 2.11.